The van der Waals surface area contributed by atoms with Gasteiger partial charge in [-0.15, -0.1) is 0 Å². The lowest BCUT2D eigenvalue weighted by Gasteiger charge is -2.34. The van der Waals surface area contributed by atoms with Crippen LogP contribution in [0.4, 0.5) is 11.4 Å². The lowest BCUT2D eigenvalue weighted by molar-refractivity contribution is 0.219. The molecule has 26 heavy (non-hydrogen) atoms. The smallest absolute Gasteiger partial charge is 0.0769 e. The van der Waals surface area contributed by atoms with Crippen LogP contribution in [0.1, 0.15) is 34.6 Å². The fourth-order valence-corrected chi connectivity index (χ4v) is 4.37. The van der Waals surface area contributed by atoms with Crippen LogP contribution in [0.2, 0.25) is 5.02 Å². The summed E-state index contributed by atoms with van der Waals surface area (Å²) in [4.78, 5) is 9.64. The normalized spacial score (nSPS) is 17.9. The summed E-state index contributed by atoms with van der Waals surface area (Å²) in [6, 6.07) is 4.02. The Bertz CT molecular complexity index is 829. The highest BCUT2D eigenvalue weighted by atomic mass is 79.9. The molecule has 0 saturated carbocycles. The van der Waals surface area contributed by atoms with Crippen molar-refractivity contribution >= 4 is 49.8 Å². The fraction of sp³-hybridized carbons (Fsp3) is 0.550. The summed E-state index contributed by atoms with van der Waals surface area (Å²) in [7, 11) is 1.95. The first kappa shape index (κ1) is 19.7. The molecule has 0 atom stereocenters. The van der Waals surface area contributed by atoms with Gasteiger partial charge in [0.1, 0.15) is 0 Å². The molecule has 0 unspecified atom stereocenters. The number of hydrogen-bond acceptors (Lipinski definition) is 4. The molecular formula is C20H28BrClN4. The molecule has 1 fully saturated rings. The van der Waals surface area contributed by atoms with Gasteiger partial charge in [0.05, 0.1) is 34.8 Å². The molecule has 2 aromatic rings. The first-order valence-corrected chi connectivity index (χ1v) is 10.1. The van der Waals surface area contributed by atoms with Gasteiger partial charge in [-0.1, -0.05) is 32.4 Å². The molecule has 0 bridgehead atoms. The molecule has 1 aromatic carbocycles. The topological polar surface area (TPSA) is 31.4 Å². The second-order valence-corrected chi connectivity index (χ2v) is 10.2. The van der Waals surface area contributed by atoms with Crippen molar-refractivity contribution in [3.05, 3.63) is 27.8 Å². The molecule has 2 heterocycles. The van der Waals surface area contributed by atoms with Crippen molar-refractivity contribution in [2.45, 2.75) is 40.2 Å². The molecule has 1 aliphatic rings. The third-order valence-electron chi connectivity index (χ3n) is 4.80. The predicted octanol–water partition coefficient (Wildman–Crippen LogP) is 5.60. The van der Waals surface area contributed by atoms with Crippen LogP contribution >= 0.6 is 27.5 Å². The Labute approximate surface area is 170 Å². The lowest BCUT2D eigenvalue weighted by atomic mass is 9.96. The molecule has 3 rings (SSSR count). The lowest BCUT2D eigenvalue weighted by Crippen LogP contribution is -2.40. The molecule has 0 radical (unpaired) electrons. The number of nitrogens with one attached hydrogen (secondary N) is 1. The SMILES string of the molecule is CNc1cnc2cc(Br)c(Cl)cc2c1N1CN(CC(C)(C)C)CC1(C)C. The summed E-state index contributed by atoms with van der Waals surface area (Å²) < 4.78 is 0.873. The molecule has 1 N–H and O–H groups in total. The van der Waals surface area contributed by atoms with Gasteiger partial charge in [0.15, 0.2) is 0 Å². The average Bonchev–Trinajstić information content (AvgIpc) is 2.79. The average molecular weight is 440 g/mol. The number of rotatable bonds is 3. The van der Waals surface area contributed by atoms with E-state index in [1.165, 1.54) is 5.69 Å². The molecule has 1 saturated heterocycles. The highest BCUT2D eigenvalue weighted by Crippen LogP contribution is 2.42. The van der Waals surface area contributed by atoms with E-state index in [0.29, 0.717) is 5.02 Å². The number of fused-ring (bicyclic) bond motifs is 1. The molecular weight excluding hydrogens is 412 g/mol. The van der Waals surface area contributed by atoms with Gasteiger partial charge >= 0.3 is 0 Å². The van der Waals surface area contributed by atoms with Gasteiger partial charge in [-0.3, -0.25) is 9.88 Å². The van der Waals surface area contributed by atoms with E-state index < -0.39 is 0 Å². The van der Waals surface area contributed by atoms with Crippen molar-refractivity contribution in [2.24, 2.45) is 5.41 Å². The Morgan fingerprint density at radius 2 is 2.00 bits per heavy atom. The van der Waals surface area contributed by atoms with Crippen molar-refractivity contribution in [1.29, 1.82) is 0 Å². The minimum atomic E-state index is 0.0185. The largest absolute Gasteiger partial charge is 0.385 e. The van der Waals surface area contributed by atoms with Crippen LogP contribution in [0.25, 0.3) is 10.9 Å². The number of hydrogen-bond donors (Lipinski definition) is 1. The highest BCUT2D eigenvalue weighted by molar-refractivity contribution is 9.10. The van der Waals surface area contributed by atoms with E-state index in [4.69, 9.17) is 11.6 Å². The second kappa shape index (κ2) is 6.84. The zero-order chi connectivity index (χ0) is 19.3. The second-order valence-electron chi connectivity index (χ2n) is 8.98. The molecule has 0 spiro atoms. The van der Waals surface area contributed by atoms with E-state index in [2.05, 4.69) is 70.6 Å². The zero-order valence-electron chi connectivity index (χ0n) is 16.5. The molecule has 6 heteroatoms. The van der Waals surface area contributed by atoms with Gasteiger partial charge in [-0.2, -0.15) is 0 Å². The molecule has 1 aliphatic heterocycles. The number of anilines is 2. The standard InChI is InChI=1S/C20H28BrClN4/c1-19(2,3)10-25-11-20(4,5)26(12-25)18-13-7-15(22)14(21)8-16(13)24-9-17(18)23-6/h7-9,23H,10-12H2,1-6H3. The van der Waals surface area contributed by atoms with E-state index >= 15 is 0 Å². The van der Waals surface area contributed by atoms with Crippen molar-refractivity contribution in [1.82, 2.24) is 9.88 Å². The van der Waals surface area contributed by atoms with Crippen LogP contribution in [-0.4, -0.2) is 42.2 Å². The number of halogens is 2. The van der Waals surface area contributed by atoms with E-state index in [0.717, 1.165) is 40.8 Å². The van der Waals surface area contributed by atoms with Crippen LogP contribution in [-0.2, 0) is 0 Å². The molecule has 142 valence electrons. The third-order valence-corrected chi connectivity index (χ3v) is 6.00. The third kappa shape index (κ3) is 3.80. The van der Waals surface area contributed by atoms with Crippen molar-refractivity contribution in [3.8, 4) is 0 Å². The van der Waals surface area contributed by atoms with Crippen molar-refractivity contribution in [2.75, 3.05) is 37.0 Å². The zero-order valence-corrected chi connectivity index (χ0v) is 18.8. The quantitative estimate of drug-likeness (QED) is 0.675. The highest BCUT2D eigenvalue weighted by Gasteiger charge is 2.40. The summed E-state index contributed by atoms with van der Waals surface area (Å²) in [5, 5.41) is 5.11. The summed E-state index contributed by atoms with van der Waals surface area (Å²) in [5.74, 6) is 0. The maximum atomic E-state index is 6.42. The van der Waals surface area contributed by atoms with Crippen LogP contribution in [0.5, 0.6) is 0 Å². The predicted molar refractivity (Wildman–Crippen MR) is 116 cm³/mol. The molecule has 4 nitrogen and oxygen atoms in total. The van der Waals surface area contributed by atoms with Crippen LogP contribution < -0.4 is 10.2 Å². The van der Waals surface area contributed by atoms with E-state index in [1.54, 1.807) is 0 Å². The van der Waals surface area contributed by atoms with Crippen LogP contribution in [0, 0.1) is 5.41 Å². The van der Waals surface area contributed by atoms with Gasteiger partial charge in [0.25, 0.3) is 0 Å². The van der Waals surface area contributed by atoms with Crippen molar-refractivity contribution in [3.63, 3.8) is 0 Å². The minimum absolute atomic E-state index is 0.0185. The van der Waals surface area contributed by atoms with E-state index in [9.17, 15) is 0 Å². The first-order valence-electron chi connectivity index (χ1n) is 8.97. The summed E-state index contributed by atoms with van der Waals surface area (Å²) in [6.07, 6.45) is 1.92. The van der Waals surface area contributed by atoms with Gasteiger partial charge in [0.2, 0.25) is 0 Å². The molecule has 1 aromatic heterocycles. The van der Waals surface area contributed by atoms with E-state index in [1.807, 2.05) is 25.4 Å². The summed E-state index contributed by atoms with van der Waals surface area (Å²) >= 11 is 9.94. The fourth-order valence-electron chi connectivity index (χ4n) is 3.87. The maximum Gasteiger partial charge on any atom is 0.0769 e. The maximum absolute atomic E-state index is 6.42. The first-order chi connectivity index (χ1) is 12.0. The minimum Gasteiger partial charge on any atom is -0.385 e. The van der Waals surface area contributed by atoms with Crippen LogP contribution in [0.15, 0.2) is 22.8 Å². The number of pyridine rings is 1. The Balaban J connectivity index is 2.12. The Morgan fingerprint density at radius 1 is 1.31 bits per heavy atom. The summed E-state index contributed by atoms with van der Waals surface area (Å²) in [5.41, 5.74) is 3.44. The molecule has 0 amide bonds. The van der Waals surface area contributed by atoms with E-state index in [-0.39, 0.29) is 11.0 Å². The van der Waals surface area contributed by atoms with Crippen molar-refractivity contribution < 1.29 is 0 Å². The Morgan fingerprint density at radius 3 is 2.62 bits per heavy atom. The Kier molecular flexibility index (Phi) is 5.19. The van der Waals surface area contributed by atoms with Gasteiger partial charge < -0.3 is 10.2 Å². The number of nitrogens with zero attached hydrogens (tertiary/aromatic N) is 3. The monoisotopic (exact) mass is 438 g/mol. The summed E-state index contributed by atoms with van der Waals surface area (Å²) in [6.45, 7) is 14.5. The van der Waals surface area contributed by atoms with Crippen LogP contribution in [0.3, 0.4) is 0 Å². The number of aromatic nitrogens is 1. The van der Waals surface area contributed by atoms with Gasteiger partial charge in [-0.25, -0.2) is 0 Å². The number of benzene rings is 1. The van der Waals surface area contributed by atoms with Gasteiger partial charge in [0, 0.05) is 35.5 Å². The Hall–Kier alpha value is -1.04. The molecule has 0 aliphatic carbocycles. The van der Waals surface area contributed by atoms with Gasteiger partial charge in [-0.05, 0) is 47.3 Å².